The summed E-state index contributed by atoms with van der Waals surface area (Å²) in [6.45, 7) is 1.95. The first kappa shape index (κ1) is 12.3. The third-order valence-corrected chi connectivity index (χ3v) is 3.77. The minimum atomic E-state index is 0.419. The molecule has 0 saturated heterocycles. The Morgan fingerprint density at radius 3 is 2.74 bits per heavy atom. The van der Waals surface area contributed by atoms with Gasteiger partial charge in [-0.25, -0.2) is 4.98 Å². The van der Waals surface area contributed by atoms with Crippen LogP contribution in [0.25, 0.3) is 16.7 Å². The van der Waals surface area contributed by atoms with Crippen molar-refractivity contribution in [3.8, 4) is 5.69 Å². The lowest BCUT2D eigenvalue weighted by Gasteiger charge is -2.11. The summed E-state index contributed by atoms with van der Waals surface area (Å²) in [5, 5.41) is 1.34. The first-order chi connectivity index (χ1) is 9.08. The fourth-order valence-electron chi connectivity index (χ4n) is 2.16. The molecule has 0 atom stereocenters. The summed E-state index contributed by atoms with van der Waals surface area (Å²) < 4.78 is 1.86. The molecule has 2 aromatic carbocycles. The van der Waals surface area contributed by atoms with Gasteiger partial charge in [0.05, 0.1) is 16.7 Å². The minimum Gasteiger partial charge on any atom is -0.369 e. The maximum absolute atomic E-state index is 6.16. The second kappa shape index (κ2) is 4.44. The number of halogens is 2. The predicted octanol–water partition coefficient (Wildman–Crippen LogP) is 4.22. The molecule has 0 radical (unpaired) electrons. The minimum absolute atomic E-state index is 0.419. The normalized spacial score (nSPS) is 11.1. The Morgan fingerprint density at radius 1 is 1.16 bits per heavy atom. The van der Waals surface area contributed by atoms with Crippen LogP contribution >= 0.6 is 23.2 Å². The topological polar surface area (TPSA) is 43.8 Å². The SMILES string of the molecule is Cc1c(Cl)cccc1-n1c(N)nc2ccc(Cl)cc21. The molecule has 3 rings (SSSR count). The van der Waals surface area contributed by atoms with E-state index in [9.17, 15) is 0 Å². The second-order valence-electron chi connectivity index (χ2n) is 4.32. The average Bonchev–Trinajstić information content (AvgIpc) is 2.69. The second-order valence-corrected chi connectivity index (χ2v) is 5.17. The van der Waals surface area contributed by atoms with Gasteiger partial charge in [0.1, 0.15) is 0 Å². The lowest BCUT2D eigenvalue weighted by molar-refractivity contribution is 1.09. The number of hydrogen-bond donors (Lipinski definition) is 1. The molecule has 3 nitrogen and oxygen atoms in total. The molecule has 0 fully saturated rings. The van der Waals surface area contributed by atoms with E-state index >= 15 is 0 Å². The average molecular weight is 292 g/mol. The lowest BCUT2D eigenvalue weighted by atomic mass is 10.2. The van der Waals surface area contributed by atoms with Crippen molar-refractivity contribution in [2.24, 2.45) is 0 Å². The Kier molecular flexibility index (Phi) is 2.88. The van der Waals surface area contributed by atoms with Gasteiger partial charge < -0.3 is 5.73 Å². The summed E-state index contributed by atoms with van der Waals surface area (Å²) in [5.41, 5.74) is 9.56. The smallest absolute Gasteiger partial charge is 0.205 e. The van der Waals surface area contributed by atoms with Crippen LogP contribution in [0.15, 0.2) is 36.4 Å². The van der Waals surface area contributed by atoms with Crippen molar-refractivity contribution < 1.29 is 0 Å². The van der Waals surface area contributed by atoms with Crippen LogP contribution in [0.3, 0.4) is 0 Å². The molecule has 1 heterocycles. The third-order valence-electron chi connectivity index (χ3n) is 3.12. The van der Waals surface area contributed by atoms with Gasteiger partial charge in [0.15, 0.2) is 0 Å². The zero-order valence-electron chi connectivity index (χ0n) is 10.2. The van der Waals surface area contributed by atoms with E-state index in [2.05, 4.69) is 4.98 Å². The standard InChI is InChI=1S/C14H11Cl2N3/c1-8-10(16)3-2-4-12(8)19-13-7-9(15)5-6-11(13)18-14(19)17/h2-7H,1H3,(H2,17,18). The summed E-state index contributed by atoms with van der Waals surface area (Å²) in [4.78, 5) is 4.34. The highest BCUT2D eigenvalue weighted by Crippen LogP contribution is 2.29. The Balaban J connectivity index is 2.39. The number of aromatic nitrogens is 2. The van der Waals surface area contributed by atoms with Gasteiger partial charge in [-0.05, 0) is 42.8 Å². The highest BCUT2D eigenvalue weighted by atomic mass is 35.5. The van der Waals surface area contributed by atoms with Gasteiger partial charge in [0.25, 0.3) is 0 Å². The maximum Gasteiger partial charge on any atom is 0.205 e. The molecule has 0 aliphatic rings. The van der Waals surface area contributed by atoms with Gasteiger partial charge in [0, 0.05) is 10.0 Å². The number of fused-ring (bicyclic) bond motifs is 1. The van der Waals surface area contributed by atoms with Crippen molar-refractivity contribution in [3.05, 3.63) is 52.0 Å². The highest BCUT2D eigenvalue weighted by Gasteiger charge is 2.13. The molecule has 19 heavy (non-hydrogen) atoms. The molecule has 96 valence electrons. The van der Waals surface area contributed by atoms with Gasteiger partial charge in [-0.1, -0.05) is 29.3 Å². The molecule has 0 spiro atoms. The van der Waals surface area contributed by atoms with Crippen LogP contribution in [-0.4, -0.2) is 9.55 Å². The van der Waals surface area contributed by atoms with Crippen LogP contribution in [0.5, 0.6) is 0 Å². The lowest BCUT2D eigenvalue weighted by Crippen LogP contribution is -2.02. The molecule has 0 saturated carbocycles. The van der Waals surface area contributed by atoms with Gasteiger partial charge in [-0.15, -0.1) is 0 Å². The molecule has 0 aliphatic heterocycles. The Bertz CT molecular complexity index is 778. The number of hydrogen-bond acceptors (Lipinski definition) is 2. The largest absolute Gasteiger partial charge is 0.369 e. The van der Waals surface area contributed by atoms with Crippen molar-refractivity contribution in [3.63, 3.8) is 0 Å². The van der Waals surface area contributed by atoms with E-state index in [1.165, 1.54) is 0 Å². The summed E-state index contributed by atoms with van der Waals surface area (Å²) in [7, 11) is 0. The van der Waals surface area contributed by atoms with Crippen molar-refractivity contribution in [1.29, 1.82) is 0 Å². The van der Waals surface area contributed by atoms with Gasteiger partial charge in [-0.2, -0.15) is 0 Å². The molecule has 3 aromatic rings. The van der Waals surface area contributed by atoms with Crippen molar-refractivity contribution in [2.75, 3.05) is 5.73 Å². The van der Waals surface area contributed by atoms with Crippen molar-refractivity contribution >= 4 is 40.2 Å². The molecule has 1 aromatic heterocycles. The van der Waals surface area contributed by atoms with Gasteiger partial charge in [-0.3, -0.25) is 4.57 Å². The van der Waals surface area contributed by atoms with Crippen LogP contribution in [-0.2, 0) is 0 Å². The molecular weight excluding hydrogens is 281 g/mol. The summed E-state index contributed by atoms with van der Waals surface area (Å²) in [5.74, 6) is 0.419. The van der Waals surface area contributed by atoms with Gasteiger partial charge >= 0.3 is 0 Å². The summed E-state index contributed by atoms with van der Waals surface area (Å²) >= 11 is 12.2. The summed E-state index contributed by atoms with van der Waals surface area (Å²) in [6, 6.07) is 11.2. The van der Waals surface area contributed by atoms with E-state index in [4.69, 9.17) is 28.9 Å². The van der Waals surface area contributed by atoms with E-state index < -0.39 is 0 Å². The van der Waals surface area contributed by atoms with E-state index in [1.54, 1.807) is 6.07 Å². The molecular formula is C14H11Cl2N3. The number of anilines is 1. The summed E-state index contributed by atoms with van der Waals surface area (Å²) in [6.07, 6.45) is 0. The van der Waals surface area contributed by atoms with Gasteiger partial charge in [0.2, 0.25) is 5.95 Å². The van der Waals surface area contributed by atoms with Crippen molar-refractivity contribution in [2.45, 2.75) is 6.92 Å². The molecule has 0 amide bonds. The quantitative estimate of drug-likeness (QED) is 0.729. The molecule has 5 heteroatoms. The van der Waals surface area contributed by atoms with E-state index in [-0.39, 0.29) is 0 Å². The fraction of sp³-hybridized carbons (Fsp3) is 0.0714. The number of nitrogens with two attached hydrogens (primary N) is 1. The molecule has 0 bridgehead atoms. The Morgan fingerprint density at radius 2 is 1.95 bits per heavy atom. The number of imidazole rings is 1. The first-order valence-corrected chi connectivity index (χ1v) is 6.52. The van der Waals surface area contributed by atoms with Crippen LogP contribution in [0.1, 0.15) is 5.56 Å². The molecule has 2 N–H and O–H groups in total. The Hall–Kier alpha value is -1.71. The number of nitrogen functional groups attached to an aromatic ring is 1. The first-order valence-electron chi connectivity index (χ1n) is 5.77. The highest BCUT2D eigenvalue weighted by molar-refractivity contribution is 6.32. The van der Waals surface area contributed by atoms with Crippen LogP contribution in [0.2, 0.25) is 10.0 Å². The zero-order chi connectivity index (χ0) is 13.6. The van der Waals surface area contributed by atoms with E-state index in [0.29, 0.717) is 16.0 Å². The van der Waals surface area contributed by atoms with E-state index in [0.717, 1.165) is 22.3 Å². The fourth-order valence-corrected chi connectivity index (χ4v) is 2.49. The van der Waals surface area contributed by atoms with Crippen LogP contribution in [0, 0.1) is 6.92 Å². The molecule has 0 aliphatic carbocycles. The third kappa shape index (κ3) is 1.95. The number of benzene rings is 2. The van der Waals surface area contributed by atoms with E-state index in [1.807, 2.05) is 41.8 Å². The maximum atomic E-state index is 6.16. The molecule has 0 unspecified atom stereocenters. The van der Waals surface area contributed by atoms with Crippen molar-refractivity contribution in [1.82, 2.24) is 9.55 Å². The monoisotopic (exact) mass is 291 g/mol. The van der Waals surface area contributed by atoms with Crippen LogP contribution < -0.4 is 5.73 Å². The zero-order valence-corrected chi connectivity index (χ0v) is 11.7. The Labute approximate surface area is 120 Å². The van der Waals surface area contributed by atoms with Crippen LogP contribution in [0.4, 0.5) is 5.95 Å². The number of rotatable bonds is 1. The predicted molar refractivity (Wildman–Crippen MR) is 80.2 cm³/mol. The number of nitrogens with zero attached hydrogens (tertiary/aromatic N) is 2.